The maximum absolute atomic E-state index is 3.98. The molecule has 114 valence electrons. The van der Waals surface area contributed by atoms with Crippen LogP contribution in [-0.2, 0) is 6.54 Å². The smallest absolute Gasteiger partial charge is 0.0211 e. The van der Waals surface area contributed by atoms with Gasteiger partial charge >= 0.3 is 0 Å². The second-order valence-electron chi connectivity index (χ2n) is 8.70. The van der Waals surface area contributed by atoms with Crippen molar-refractivity contribution in [2.45, 2.75) is 71.4 Å². The molecule has 0 aliphatic heterocycles. The van der Waals surface area contributed by atoms with Crippen molar-refractivity contribution in [3.05, 3.63) is 35.4 Å². The molecular formula is C20H29N. The summed E-state index contributed by atoms with van der Waals surface area (Å²) in [7, 11) is 0. The molecule has 3 unspecified atom stereocenters. The standard InChI is InChI=1S/C20H29N/c1-19(2)16-10-11-20(3,12-16)18(19)21-13-15-6-4-5-7-17(15)14-8-9-14/h4-7,14,16,18,21H,8-13H2,1-3H3. The number of hydrogen-bond acceptors (Lipinski definition) is 1. The van der Waals surface area contributed by atoms with Crippen LogP contribution in [0.2, 0.25) is 0 Å². The van der Waals surface area contributed by atoms with E-state index < -0.39 is 0 Å². The highest BCUT2D eigenvalue weighted by atomic mass is 15.0. The molecule has 0 aromatic heterocycles. The molecule has 3 aliphatic rings. The van der Waals surface area contributed by atoms with E-state index >= 15 is 0 Å². The van der Waals surface area contributed by atoms with Crippen LogP contribution in [0.1, 0.15) is 69.9 Å². The van der Waals surface area contributed by atoms with Gasteiger partial charge in [0.25, 0.3) is 0 Å². The predicted molar refractivity (Wildman–Crippen MR) is 88.3 cm³/mol. The summed E-state index contributed by atoms with van der Waals surface area (Å²) in [6.07, 6.45) is 7.09. The third-order valence-electron chi connectivity index (χ3n) is 6.84. The molecule has 4 rings (SSSR count). The van der Waals surface area contributed by atoms with Crippen molar-refractivity contribution >= 4 is 0 Å². The van der Waals surface area contributed by atoms with Crippen molar-refractivity contribution in [1.82, 2.24) is 5.32 Å². The van der Waals surface area contributed by atoms with Crippen LogP contribution in [0.3, 0.4) is 0 Å². The lowest BCUT2D eigenvalue weighted by atomic mass is 9.68. The van der Waals surface area contributed by atoms with Crippen molar-refractivity contribution in [3.8, 4) is 0 Å². The van der Waals surface area contributed by atoms with E-state index in [9.17, 15) is 0 Å². The maximum Gasteiger partial charge on any atom is 0.0211 e. The van der Waals surface area contributed by atoms with Gasteiger partial charge in [0.15, 0.2) is 0 Å². The average Bonchev–Trinajstić information content (AvgIpc) is 3.18. The molecule has 0 saturated heterocycles. The number of fused-ring (bicyclic) bond motifs is 2. The molecule has 1 aromatic rings. The van der Waals surface area contributed by atoms with Gasteiger partial charge in [-0.1, -0.05) is 45.0 Å². The predicted octanol–water partition coefficient (Wildman–Crippen LogP) is 4.87. The van der Waals surface area contributed by atoms with Gasteiger partial charge in [0.2, 0.25) is 0 Å². The number of benzene rings is 1. The normalized spacial score (nSPS) is 37.1. The zero-order valence-corrected chi connectivity index (χ0v) is 13.8. The van der Waals surface area contributed by atoms with Crippen LogP contribution in [0.5, 0.6) is 0 Å². The summed E-state index contributed by atoms with van der Waals surface area (Å²) in [5.74, 6) is 1.78. The van der Waals surface area contributed by atoms with Gasteiger partial charge in [-0.2, -0.15) is 0 Å². The summed E-state index contributed by atoms with van der Waals surface area (Å²) in [5.41, 5.74) is 4.14. The first-order valence-corrected chi connectivity index (χ1v) is 8.82. The van der Waals surface area contributed by atoms with Crippen molar-refractivity contribution in [1.29, 1.82) is 0 Å². The largest absolute Gasteiger partial charge is 0.309 e. The molecule has 3 aliphatic carbocycles. The number of nitrogens with one attached hydrogen (secondary N) is 1. The van der Waals surface area contributed by atoms with Crippen LogP contribution in [-0.4, -0.2) is 6.04 Å². The third-order valence-corrected chi connectivity index (χ3v) is 6.84. The Morgan fingerprint density at radius 3 is 2.52 bits per heavy atom. The van der Waals surface area contributed by atoms with Gasteiger partial charge < -0.3 is 5.32 Å². The van der Waals surface area contributed by atoms with Crippen molar-refractivity contribution in [2.75, 3.05) is 0 Å². The van der Waals surface area contributed by atoms with Gasteiger partial charge in [0, 0.05) is 12.6 Å². The molecule has 1 nitrogen and oxygen atoms in total. The minimum absolute atomic E-state index is 0.460. The number of hydrogen-bond donors (Lipinski definition) is 1. The lowest BCUT2D eigenvalue weighted by Crippen LogP contribution is -2.50. The van der Waals surface area contributed by atoms with Crippen LogP contribution in [0, 0.1) is 16.7 Å². The zero-order chi connectivity index (χ0) is 14.7. The fourth-order valence-electron chi connectivity index (χ4n) is 5.51. The molecule has 3 saturated carbocycles. The monoisotopic (exact) mass is 283 g/mol. The van der Waals surface area contributed by atoms with Gasteiger partial charge in [0.05, 0.1) is 0 Å². The topological polar surface area (TPSA) is 12.0 Å². The Balaban J connectivity index is 1.52. The van der Waals surface area contributed by atoms with E-state index in [2.05, 4.69) is 50.4 Å². The molecule has 2 bridgehead atoms. The molecule has 1 heteroatoms. The SMILES string of the molecule is CC12CCC(C1)C(C)(C)C2NCc1ccccc1C1CC1. The fraction of sp³-hybridized carbons (Fsp3) is 0.700. The Morgan fingerprint density at radius 1 is 1.10 bits per heavy atom. The molecule has 3 fully saturated rings. The van der Waals surface area contributed by atoms with Gasteiger partial charge in [-0.25, -0.2) is 0 Å². The lowest BCUT2D eigenvalue weighted by Gasteiger charge is -2.43. The third kappa shape index (κ3) is 2.16. The maximum atomic E-state index is 3.98. The van der Waals surface area contributed by atoms with Crippen LogP contribution in [0.25, 0.3) is 0 Å². The fourth-order valence-corrected chi connectivity index (χ4v) is 5.51. The van der Waals surface area contributed by atoms with E-state index in [1.807, 2.05) is 0 Å². The Hall–Kier alpha value is -0.820. The van der Waals surface area contributed by atoms with E-state index in [1.54, 1.807) is 11.1 Å². The summed E-state index contributed by atoms with van der Waals surface area (Å²) in [6.45, 7) is 8.56. The van der Waals surface area contributed by atoms with Crippen molar-refractivity contribution in [3.63, 3.8) is 0 Å². The molecule has 1 N–H and O–H groups in total. The summed E-state index contributed by atoms with van der Waals surface area (Å²) in [4.78, 5) is 0. The van der Waals surface area contributed by atoms with E-state index in [0.29, 0.717) is 16.9 Å². The summed E-state index contributed by atoms with van der Waals surface area (Å²) in [6, 6.07) is 9.78. The molecule has 0 spiro atoms. The summed E-state index contributed by atoms with van der Waals surface area (Å²) in [5, 5.41) is 3.98. The highest BCUT2D eigenvalue weighted by Gasteiger charge is 2.58. The van der Waals surface area contributed by atoms with Gasteiger partial charge in [-0.3, -0.25) is 0 Å². The summed E-state index contributed by atoms with van der Waals surface area (Å²) < 4.78 is 0. The average molecular weight is 283 g/mol. The second-order valence-corrected chi connectivity index (χ2v) is 8.70. The highest BCUT2D eigenvalue weighted by Crippen LogP contribution is 2.62. The minimum Gasteiger partial charge on any atom is -0.309 e. The van der Waals surface area contributed by atoms with Gasteiger partial charge in [0.1, 0.15) is 0 Å². The molecule has 21 heavy (non-hydrogen) atoms. The van der Waals surface area contributed by atoms with Crippen LogP contribution in [0.4, 0.5) is 0 Å². The van der Waals surface area contributed by atoms with Gasteiger partial charge in [-0.15, -0.1) is 0 Å². The van der Waals surface area contributed by atoms with Crippen molar-refractivity contribution in [2.24, 2.45) is 16.7 Å². The molecule has 1 aromatic carbocycles. The van der Waals surface area contributed by atoms with Crippen LogP contribution >= 0.6 is 0 Å². The van der Waals surface area contributed by atoms with E-state index in [1.165, 1.54) is 32.1 Å². The molecule has 0 amide bonds. The van der Waals surface area contributed by atoms with E-state index in [0.717, 1.165) is 18.4 Å². The van der Waals surface area contributed by atoms with Crippen molar-refractivity contribution < 1.29 is 0 Å². The highest BCUT2D eigenvalue weighted by molar-refractivity contribution is 5.33. The Bertz CT molecular complexity index is 538. The second kappa shape index (κ2) is 4.59. The first kappa shape index (κ1) is 13.8. The molecular weight excluding hydrogens is 254 g/mol. The van der Waals surface area contributed by atoms with Crippen LogP contribution in [0.15, 0.2) is 24.3 Å². The molecule has 0 heterocycles. The lowest BCUT2D eigenvalue weighted by molar-refractivity contribution is 0.108. The Kier molecular flexibility index (Phi) is 3.02. The van der Waals surface area contributed by atoms with Gasteiger partial charge in [-0.05, 0) is 65.9 Å². The first-order chi connectivity index (χ1) is 10.0. The quantitative estimate of drug-likeness (QED) is 0.831. The zero-order valence-electron chi connectivity index (χ0n) is 13.8. The first-order valence-electron chi connectivity index (χ1n) is 8.82. The van der Waals surface area contributed by atoms with E-state index in [-0.39, 0.29) is 0 Å². The van der Waals surface area contributed by atoms with E-state index in [4.69, 9.17) is 0 Å². The Morgan fingerprint density at radius 2 is 1.86 bits per heavy atom. The molecule has 0 radical (unpaired) electrons. The Labute approximate surface area is 129 Å². The number of rotatable bonds is 4. The minimum atomic E-state index is 0.460. The summed E-state index contributed by atoms with van der Waals surface area (Å²) >= 11 is 0. The molecule has 3 atom stereocenters. The van der Waals surface area contributed by atoms with Crippen LogP contribution < -0.4 is 5.32 Å².